The van der Waals surface area contributed by atoms with Crippen molar-refractivity contribution in [3.8, 4) is 0 Å². The lowest BCUT2D eigenvalue weighted by atomic mass is 9.76. The Kier molecular flexibility index (Phi) is 4.41. The van der Waals surface area contributed by atoms with E-state index in [-0.39, 0.29) is 17.6 Å². The summed E-state index contributed by atoms with van der Waals surface area (Å²) in [5.41, 5.74) is 4.48. The van der Waals surface area contributed by atoms with Crippen molar-refractivity contribution in [3.05, 3.63) is 76.0 Å². The van der Waals surface area contributed by atoms with Crippen molar-refractivity contribution in [2.24, 2.45) is 0 Å². The predicted octanol–water partition coefficient (Wildman–Crippen LogP) is 5.18. The SMILES string of the molecule is Cc1ccccc1C1CC(=O)N(c2ccccc2Cl)C2=C1C(=O)CCC2. The van der Waals surface area contributed by atoms with Crippen LogP contribution in [0.4, 0.5) is 5.69 Å². The molecule has 4 heteroatoms. The van der Waals surface area contributed by atoms with Crippen LogP contribution in [-0.4, -0.2) is 11.7 Å². The van der Waals surface area contributed by atoms with Crippen LogP contribution < -0.4 is 4.90 Å². The number of amides is 1. The number of hydrogen-bond donors (Lipinski definition) is 0. The van der Waals surface area contributed by atoms with Gasteiger partial charge in [-0.1, -0.05) is 48.0 Å². The Labute approximate surface area is 158 Å². The molecule has 1 aliphatic carbocycles. The molecular weight excluding hydrogens is 346 g/mol. The smallest absolute Gasteiger partial charge is 0.232 e. The number of hydrogen-bond acceptors (Lipinski definition) is 2. The van der Waals surface area contributed by atoms with Gasteiger partial charge in [0.05, 0.1) is 10.7 Å². The molecule has 0 saturated carbocycles. The number of anilines is 1. The highest BCUT2D eigenvalue weighted by Gasteiger charge is 2.40. The molecular formula is C22H20ClNO2. The molecule has 0 saturated heterocycles. The average Bonchev–Trinajstić information content (AvgIpc) is 2.63. The molecule has 0 spiro atoms. The van der Waals surface area contributed by atoms with Crippen molar-refractivity contribution in [1.82, 2.24) is 0 Å². The minimum atomic E-state index is -0.162. The third-order valence-corrected chi connectivity index (χ3v) is 5.65. The maximum absolute atomic E-state index is 13.1. The normalized spacial score (nSPS) is 20.4. The van der Waals surface area contributed by atoms with Crippen LogP contribution in [0.15, 0.2) is 59.8 Å². The molecule has 2 aromatic carbocycles. The van der Waals surface area contributed by atoms with Crippen molar-refractivity contribution in [2.45, 2.75) is 38.5 Å². The molecule has 0 fully saturated rings. The second-order valence-electron chi connectivity index (χ2n) is 6.93. The van der Waals surface area contributed by atoms with Crippen LogP contribution in [0.1, 0.15) is 42.7 Å². The lowest BCUT2D eigenvalue weighted by molar-refractivity contribution is -0.119. The van der Waals surface area contributed by atoms with Crippen LogP contribution in [0.5, 0.6) is 0 Å². The number of rotatable bonds is 2. The molecule has 0 bridgehead atoms. The molecule has 4 rings (SSSR count). The molecule has 0 radical (unpaired) electrons. The minimum Gasteiger partial charge on any atom is -0.294 e. The summed E-state index contributed by atoms with van der Waals surface area (Å²) < 4.78 is 0. The zero-order valence-electron chi connectivity index (χ0n) is 14.7. The van der Waals surface area contributed by atoms with E-state index in [2.05, 4.69) is 0 Å². The van der Waals surface area contributed by atoms with Crippen LogP contribution in [0.25, 0.3) is 0 Å². The first-order valence-corrected chi connectivity index (χ1v) is 9.35. The summed E-state index contributed by atoms with van der Waals surface area (Å²) in [6.45, 7) is 2.04. The summed E-state index contributed by atoms with van der Waals surface area (Å²) in [4.78, 5) is 27.7. The first-order chi connectivity index (χ1) is 12.6. The molecule has 3 nitrogen and oxygen atoms in total. The number of ketones is 1. The summed E-state index contributed by atoms with van der Waals surface area (Å²) in [6, 6.07) is 15.4. The maximum atomic E-state index is 13.1. The molecule has 2 aromatic rings. The second-order valence-corrected chi connectivity index (χ2v) is 7.34. The Balaban J connectivity index is 1.91. The van der Waals surface area contributed by atoms with E-state index in [0.29, 0.717) is 23.6 Å². The topological polar surface area (TPSA) is 37.4 Å². The van der Waals surface area contributed by atoms with Crippen LogP contribution in [0.3, 0.4) is 0 Å². The van der Waals surface area contributed by atoms with Gasteiger partial charge in [-0.25, -0.2) is 0 Å². The van der Waals surface area contributed by atoms with Gasteiger partial charge in [0.1, 0.15) is 0 Å². The number of halogens is 1. The number of nitrogens with zero attached hydrogens (tertiary/aromatic N) is 1. The number of aryl methyl sites for hydroxylation is 1. The van der Waals surface area contributed by atoms with Crippen molar-refractivity contribution in [3.63, 3.8) is 0 Å². The quantitative estimate of drug-likeness (QED) is 0.735. The summed E-state index contributed by atoms with van der Waals surface area (Å²) in [5, 5.41) is 0.528. The molecule has 0 N–H and O–H groups in total. The molecule has 1 amide bonds. The fraction of sp³-hybridized carbons (Fsp3) is 0.273. The van der Waals surface area contributed by atoms with Gasteiger partial charge in [0.15, 0.2) is 5.78 Å². The van der Waals surface area contributed by atoms with Gasteiger partial charge < -0.3 is 0 Å². The lowest BCUT2D eigenvalue weighted by Gasteiger charge is -2.39. The van der Waals surface area contributed by atoms with E-state index in [0.717, 1.165) is 35.2 Å². The Bertz CT molecular complexity index is 931. The Morgan fingerprint density at radius 1 is 1.00 bits per heavy atom. The van der Waals surface area contributed by atoms with Crippen LogP contribution in [0.2, 0.25) is 5.02 Å². The van der Waals surface area contributed by atoms with E-state index in [1.165, 1.54) is 0 Å². The molecule has 2 aliphatic rings. The largest absolute Gasteiger partial charge is 0.294 e. The Morgan fingerprint density at radius 2 is 1.73 bits per heavy atom. The lowest BCUT2D eigenvalue weighted by Crippen LogP contribution is -2.40. The summed E-state index contributed by atoms with van der Waals surface area (Å²) in [7, 11) is 0. The predicted molar refractivity (Wildman–Crippen MR) is 103 cm³/mol. The van der Waals surface area contributed by atoms with Crippen molar-refractivity contribution in [1.29, 1.82) is 0 Å². The summed E-state index contributed by atoms with van der Waals surface area (Å²) in [6.07, 6.45) is 2.33. The molecule has 1 atom stereocenters. The van der Waals surface area contributed by atoms with Crippen LogP contribution in [0, 0.1) is 6.92 Å². The third kappa shape index (κ3) is 2.77. The number of para-hydroxylation sites is 1. The fourth-order valence-corrected chi connectivity index (χ4v) is 4.37. The summed E-state index contributed by atoms with van der Waals surface area (Å²) in [5.74, 6) is -0.00547. The highest BCUT2D eigenvalue weighted by atomic mass is 35.5. The number of Topliss-reactive ketones (excluding diaryl/α,β-unsaturated/α-hetero) is 1. The van der Waals surface area contributed by atoms with Gasteiger partial charge in [0.25, 0.3) is 0 Å². The van der Waals surface area contributed by atoms with E-state index in [1.54, 1.807) is 11.0 Å². The zero-order valence-corrected chi connectivity index (χ0v) is 15.4. The molecule has 0 aromatic heterocycles. The maximum Gasteiger partial charge on any atom is 0.232 e. The van der Waals surface area contributed by atoms with Crippen LogP contribution in [-0.2, 0) is 9.59 Å². The molecule has 26 heavy (non-hydrogen) atoms. The van der Waals surface area contributed by atoms with Gasteiger partial charge in [-0.15, -0.1) is 0 Å². The standard InChI is InChI=1S/C22H20ClNO2/c1-14-7-2-3-8-15(14)16-13-21(26)24(18-10-5-4-9-17(18)23)19-11-6-12-20(25)22(16)19/h2-5,7-10,16H,6,11-13H2,1H3. The fourth-order valence-electron chi connectivity index (χ4n) is 4.15. The summed E-state index contributed by atoms with van der Waals surface area (Å²) >= 11 is 6.37. The van der Waals surface area contributed by atoms with E-state index >= 15 is 0 Å². The van der Waals surface area contributed by atoms with E-state index < -0.39 is 0 Å². The first kappa shape index (κ1) is 17.0. The zero-order chi connectivity index (χ0) is 18.3. The minimum absolute atomic E-state index is 0.000182. The average molecular weight is 366 g/mol. The third-order valence-electron chi connectivity index (χ3n) is 5.33. The highest BCUT2D eigenvalue weighted by molar-refractivity contribution is 6.34. The van der Waals surface area contributed by atoms with Crippen molar-refractivity contribution < 1.29 is 9.59 Å². The van der Waals surface area contributed by atoms with Gasteiger partial charge >= 0.3 is 0 Å². The molecule has 1 aliphatic heterocycles. The second kappa shape index (κ2) is 6.73. The van der Waals surface area contributed by atoms with Crippen LogP contribution >= 0.6 is 11.6 Å². The number of carbonyl (C=O) groups is 2. The first-order valence-electron chi connectivity index (χ1n) is 8.97. The molecule has 1 heterocycles. The van der Waals surface area contributed by atoms with Gasteiger partial charge in [0.2, 0.25) is 5.91 Å². The van der Waals surface area contributed by atoms with Gasteiger partial charge in [0, 0.05) is 30.0 Å². The number of allylic oxidation sites excluding steroid dienone is 2. The van der Waals surface area contributed by atoms with Gasteiger partial charge in [-0.2, -0.15) is 0 Å². The van der Waals surface area contributed by atoms with Crippen molar-refractivity contribution >= 4 is 29.0 Å². The monoisotopic (exact) mass is 365 g/mol. The van der Waals surface area contributed by atoms with E-state index in [9.17, 15) is 9.59 Å². The van der Waals surface area contributed by atoms with E-state index in [4.69, 9.17) is 11.6 Å². The molecule has 1 unspecified atom stereocenters. The highest BCUT2D eigenvalue weighted by Crippen LogP contribution is 2.45. The van der Waals surface area contributed by atoms with E-state index in [1.807, 2.05) is 49.4 Å². The van der Waals surface area contributed by atoms with Gasteiger partial charge in [-0.3, -0.25) is 14.5 Å². The number of benzene rings is 2. The Hall–Kier alpha value is -2.39. The van der Waals surface area contributed by atoms with Gasteiger partial charge in [-0.05, 0) is 43.0 Å². The number of carbonyl (C=O) groups excluding carboxylic acids is 2. The Morgan fingerprint density at radius 3 is 2.50 bits per heavy atom. The van der Waals surface area contributed by atoms with Crippen molar-refractivity contribution in [2.75, 3.05) is 4.90 Å². The molecule has 132 valence electrons.